The van der Waals surface area contributed by atoms with Crippen molar-refractivity contribution in [2.45, 2.75) is 24.3 Å². The van der Waals surface area contributed by atoms with E-state index >= 15 is 0 Å². The molecule has 0 aromatic heterocycles. The summed E-state index contributed by atoms with van der Waals surface area (Å²) < 4.78 is 99.6. The van der Waals surface area contributed by atoms with Gasteiger partial charge in [-0.1, -0.05) is 11.6 Å². The highest BCUT2D eigenvalue weighted by Crippen LogP contribution is 2.44. The summed E-state index contributed by atoms with van der Waals surface area (Å²) in [6, 6.07) is -1.97. The van der Waals surface area contributed by atoms with Crippen LogP contribution in [0.3, 0.4) is 0 Å². The average Bonchev–Trinajstić information content (AvgIpc) is 2.24. The monoisotopic (exact) mass is 327 g/mol. The van der Waals surface area contributed by atoms with E-state index in [2.05, 4.69) is 0 Å². The molecule has 0 bridgehead atoms. The standard InChI is InChI=1S/C10H6ClF8N/c11-6-2-4(1-5(3-6)9(14,15)16)7(20)8(12,13)10(17,18)19/h1-3,7H,20H2/t7-/m1/s1. The SMILES string of the molecule is N[C@H](c1cc(Cl)cc(C(F)(F)F)c1)C(F)(F)C(F)(F)F. The molecule has 0 fully saturated rings. The van der Waals surface area contributed by atoms with Crippen molar-refractivity contribution in [1.29, 1.82) is 0 Å². The Morgan fingerprint density at radius 2 is 1.40 bits per heavy atom. The zero-order valence-electron chi connectivity index (χ0n) is 9.29. The van der Waals surface area contributed by atoms with Crippen LogP contribution in [0, 0.1) is 0 Å². The van der Waals surface area contributed by atoms with Crippen LogP contribution in [0.25, 0.3) is 0 Å². The Hall–Kier alpha value is -1.09. The molecular weight excluding hydrogens is 322 g/mol. The molecule has 1 aromatic rings. The Labute approximate surface area is 112 Å². The first-order valence-corrected chi connectivity index (χ1v) is 5.22. The lowest BCUT2D eigenvalue weighted by Crippen LogP contribution is -2.45. The second kappa shape index (κ2) is 5.03. The van der Waals surface area contributed by atoms with Gasteiger partial charge in [0.05, 0.1) is 5.56 Å². The Morgan fingerprint density at radius 1 is 0.900 bits per heavy atom. The van der Waals surface area contributed by atoms with Gasteiger partial charge in [0.2, 0.25) is 0 Å². The molecule has 0 saturated heterocycles. The van der Waals surface area contributed by atoms with Gasteiger partial charge >= 0.3 is 18.3 Å². The highest BCUT2D eigenvalue weighted by Gasteiger charge is 2.61. The summed E-state index contributed by atoms with van der Waals surface area (Å²) in [5, 5.41) is -0.650. The maximum absolute atomic E-state index is 13.0. The zero-order chi connectivity index (χ0) is 15.9. The highest BCUT2D eigenvalue weighted by molar-refractivity contribution is 6.30. The third kappa shape index (κ3) is 3.32. The average molecular weight is 328 g/mol. The lowest BCUT2D eigenvalue weighted by Gasteiger charge is -2.26. The van der Waals surface area contributed by atoms with Crippen molar-refractivity contribution < 1.29 is 35.1 Å². The van der Waals surface area contributed by atoms with Crippen LogP contribution in [0.5, 0.6) is 0 Å². The number of hydrogen-bond acceptors (Lipinski definition) is 1. The van der Waals surface area contributed by atoms with Gasteiger partial charge in [-0.25, -0.2) is 0 Å². The van der Waals surface area contributed by atoms with E-state index in [1.54, 1.807) is 0 Å². The smallest absolute Gasteiger partial charge is 0.319 e. The van der Waals surface area contributed by atoms with Crippen LogP contribution >= 0.6 is 11.6 Å². The fraction of sp³-hybridized carbons (Fsp3) is 0.400. The van der Waals surface area contributed by atoms with Crippen LogP contribution < -0.4 is 5.73 Å². The van der Waals surface area contributed by atoms with E-state index < -0.39 is 40.5 Å². The minimum atomic E-state index is -5.99. The first-order chi connectivity index (χ1) is 8.76. The molecule has 2 N–H and O–H groups in total. The Bertz CT molecular complexity index is 493. The molecule has 1 rings (SSSR count). The van der Waals surface area contributed by atoms with Crippen LogP contribution in [0.1, 0.15) is 17.2 Å². The van der Waals surface area contributed by atoms with E-state index in [4.69, 9.17) is 17.3 Å². The van der Waals surface area contributed by atoms with Gasteiger partial charge < -0.3 is 5.73 Å². The second-order valence-electron chi connectivity index (χ2n) is 3.87. The van der Waals surface area contributed by atoms with Gasteiger partial charge in [0.1, 0.15) is 6.04 Å². The number of rotatable bonds is 2. The molecule has 0 radical (unpaired) electrons. The molecule has 0 spiro atoms. The van der Waals surface area contributed by atoms with Gasteiger partial charge in [0, 0.05) is 5.02 Å². The van der Waals surface area contributed by atoms with Gasteiger partial charge in [0.25, 0.3) is 0 Å². The number of alkyl halides is 8. The van der Waals surface area contributed by atoms with Crippen molar-refractivity contribution in [3.63, 3.8) is 0 Å². The third-order valence-electron chi connectivity index (χ3n) is 2.38. The Balaban J connectivity index is 3.31. The normalized spacial score (nSPS) is 15.3. The number of benzene rings is 1. The molecule has 114 valence electrons. The molecule has 0 aliphatic heterocycles. The summed E-state index contributed by atoms with van der Waals surface area (Å²) in [5.74, 6) is -5.39. The third-order valence-corrected chi connectivity index (χ3v) is 2.59. The van der Waals surface area contributed by atoms with Gasteiger partial charge in [-0.2, -0.15) is 35.1 Å². The molecule has 0 aliphatic rings. The van der Waals surface area contributed by atoms with E-state index in [0.29, 0.717) is 12.1 Å². The van der Waals surface area contributed by atoms with Crippen molar-refractivity contribution in [3.05, 3.63) is 34.3 Å². The molecule has 0 unspecified atom stereocenters. The maximum atomic E-state index is 13.0. The fourth-order valence-electron chi connectivity index (χ4n) is 1.34. The van der Waals surface area contributed by atoms with Crippen LogP contribution in [0.15, 0.2) is 18.2 Å². The quantitative estimate of drug-likeness (QED) is 0.792. The zero-order valence-corrected chi connectivity index (χ0v) is 10.0. The summed E-state index contributed by atoms with van der Waals surface area (Å²) in [7, 11) is 0. The summed E-state index contributed by atoms with van der Waals surface area (Å²) in [5.41, 5.74) is 2.22. The summed E-state index contributed by atoms with van der Waals surface area (Å²) in [6.45, 7) is 0. The van der Waals surface area contributed by atoms with E-state index in [1.165, 1.54) is 0 Å². The van der Waals surface area contributed by atoms with Crippen molar-refractivity contribution in [2.24, 2.45) is 5.73 Å². The molecular formula is C10H6ClF8N. The van der Waals surface area contributed by atoms with Crippen LogP contribution in [-0.2, 0) is 6.18 Å². The first kappa shape index (κ1) is 17.0. The Morgan fingerprint density at radius 3 is 1.80 bits per heavy atom. The second-order valence-corrected chi connectivity index (χ2v) is 4.31. The predicted octanol–water partition coefficient (Wildman–Crippen LogP) is 4.56. The molecule has 20 heavy (non-hydrogen) atoms. The maximum Gasteiger partial charge on any atom is 0.455 e. The van der Waals surface area contributed by atoms with E-state index in [1.807, 2.05) is 0 Å². The van der Waals surface area contributed by atoms with Crippen LogP contribution in [0.2, 0.25) is 5.02 Å². The van der Waals surface area contributed by atoms with Gasteiger partial charge in [-0.15, -0.1) is 0 Å². The number of hydrogen-bond donors (Lipinski definition) is 1. The van der Waals surface area contributed by atoms with Gasteiger partial charge in [0.15, 0.2) is 0 Å². The molecule has 0 heterocycles. The number of nitrogens with two attached hydrogens (primary N) is 1. The highest BCUT2D eigenvalue weighted by atomic mass is 35.5. The van der Waals surface area contributed by atoms with Crippen molar-refractivity contribution >= 4 is 11.6 Å². The summed E-state index contributed by atoms with van der Waals surface area (Å²) in [4.78, 5) is 0. The molecule has 0 amide bonds. The van der Waals surface area contributed by atoms with Crippen molar-refractivity contribution in [1.82, 2.24) is 0 Å². The fourth-order valence-corrected chi connectivity index (χ4v) is 1.58. The Kier molecular flexibility index (Phi) is 4.27. The summed E-state index contributed by atoms with van der Waals surface area (Å²) >= 11 is 5.28. The largest absolute Gasteiger partial charge is 0.455 e. The molecule has 1 atom stereocenters. The topological polar surface area (TPSA) is 26.0 Å². The first-order valence-electron chi connectivity index (χ1n) is 4.84. The van der Waals surface area contributed by atoms with Crippen molar-refractivity contribution in [3.8, 4) is 0 Å². The molecule has 1 nitrogen and oxygen atoms in total. The van der Waals surface area contributed by atoms with E-state index in [9.17, 15) is 35.1 Å². The van der Waals surface area contributed by atoms with Crippen LogP contribution in [-0.4, -0.2) is 12.1 Å². The minimum absolute atomic E-state index is 0.107. The molecule has 1 aromatic carbocycles. The lowest BCUT2D eigenvalue weighted by molar-refractivity contribution is -0.291. The molecule has 10 heteroatoms. The van der Waals surface area contributed by atoms with Gasteiger partial charge in [-0.05, 0) is 23.8 Å². The lowest BCUT2D eigenvalue weighted by atomic mass is 9.99. The van der Waals surface area contributed by atoms with Crippen molar-refractivity contribution in [2.75, 3.05) is 0 Å². The minimum Gasteiger partial charge on any atom is -0.319 e. The van der Waals surface area contributed by atoms with Crippen LogP contribution in [0.4, 0.5) is 35.1 Å². The van der Waals surface area contributed by atoms with E-state index in [-0.39, 0.29) is 6.07 Å². The van der Waals surface area contributed by atoms with Gasteiger partial charge in [-0.3, -0.25) is 0 Å². The summed E-state index contributed by atoms with van der Waals surface area (Å²) in [6.07, 6.45) is -10.9. The molecule has 0 saturated carbocycles. The van der Waals surface area contributed by atoms with E-state index in [0.717, 1.165) is 0 Å². The number of halogens is 9. The molecule has 0 aliphatic carbocycles. The predicted molar refractivity (Wildman–Crippen MR) is 54.4 cm³/mol.